The molecule has 10 heavy (non-hydrogen) atoms. The molecule has 0 unspecified atom stereocenters. The van der Waals surface area contributed by atoms with E-state index < -0.39 is 22.3 Å². The monoisotopic (exact) mass is 170 g/mol. The molecule has 0 aliphatic carbocycles. The minimum absolute atomic E-state index is 0. The van der Waals surface area contributed by atoms with Gasteiger partial charge in [-0.1, -0.05) is 0 Å². The molecule has 1 fully saturated rings. The molecule has 1 saturated heterocycles. The highest BCUT2D eigenvalue weighted by atomic mass is 32.3. The molecule has 1 aliphatic heterocycles. The Morgan fingerprint density at radius 2 is 1.30 bits per heavy atom. The first-order valence-electron chi connectivity index (χ1n) is 1.73. The summed E-state index contributed by atoms with van der Waals surface area (Å²) in [6, 6.07) is 0. The van der Waals surface area contributed by atoms with Crippen LogP contribution in [0.4, 0.5) is 0 Å². The van der Waals surface area contributed by atoms with Crippen LogP contribution in [0.15, 0.2) is 0 Å². The van der Waals surface area contributed by atoms with Gasteiger partial charge in [0.15, 0.2) is 0 Å². The van der Waals surface area contributed by atoms with Crippen molar-refractivity contribution in [3.05, 3.63) is 0 Å². The number of hydrogen-bond donors (Lipinski definition) is 0. The summed E-state index contributed by atoms with van der Waals surface area (Å²) in [6.07, 6.45) is 0. The van der Waals surface area contributed by atoms with Crippen LogP contribution in [0.25, 0.3) is 0 Å². The Morgan fingerprint density at radius 1 is 1.00 bits per heavy atom. The van der Waals surface area contributed by atoms with Crippen LogP contribution in [-0.4, -0.2) is 25.8 Å². The van der Waals surface area contributed by atoms with Crippen molar-refractivity contribution in [3.63, 3.8) is 0 Å². The Labute approximate surface area is 55.2 Å². The maximum Gasteiger partial charge on any atom is 0.507 e. The van der Waals surface area contributed by atoms with Crippen molar-refractivity contribution in [1.82, 2.24) is 0 Å². The van der Waals surface area contributed by atoms with Crippen LogP contribution < -0.4 is 0 Å². The first-order chi connectivity index (χ1) is 4.01. The van der Waals surface area contributed by atoms with Gasteiger partial charge in [-0.05, 0) is 0 Å². The van der Waals surface area contributed by atoms with Gasteiger partial charge in [-0.3, -0.25) is 0 Å². The molecule has 0 aromatic rings. The highest BCUT2D eigenvalue weighted by Crippen LogP contribution is 2.06. The van der Waals surface area contributed by atoms with E-state index >= 15 is 0 Å². The lowest BCUT2D eigenvalue weighted by atomic mass is 10.7. The number of carbonyl (C=O) groups is 2. The van der Waals surface area contributed by atoms with Crippen molar-refractivity contribution in [2.24, 2.45) is 0 Å². The quantitative estimate of drug-likeness (QED) is 0.371. The number of hydrogen-bond acceptors (Lipinski definition) is 6. The van der Waals surface area contributed by atoms with E-state index in [4.69, 9.17) is 0 Å². The first-order valence-corrected chi connectivity index (χ1v) is 3.07. The van der Waals surface area contributed by atoms with Crippen LogP contribution in [0, 0.1) is 0 Å². The molecule has 0 amide bonds. The van der Waals surface area contributed by atoms with Crippen LogP contribution in [-0.2, 0) is 28.4 Å². The van der Waals surface area contributed by atoms with Gasteiger partial charge >= 0.3 is 22.3 Å². The van der Waals surface area contributed by atoms with E-state index in [1.54, 1.807) is 0 Å². The zero-order chi connectivity index (χ0) is 7.07. The summed E-state index contributed by atoms with van der Waals surface area (Å²) in [5.41, 5.74) is 0. The maximum absolute atomic E-state index is 9.97. The second-order valence-electron chi connectivity index (χ2n) is 1.15. The summed E-state index contributed by atoms with van der Waals surface area (Å²) in [5.74, 6) is -3.01. The molecular formula is C2H2O7S. The summed E-state index contributed by atoms with van der Waals surface area (Å²) in [4.78, 5) is 19.8. The van der Waals surface area contributed by atoms with Crippen molar-refractivity contribution >= 4 is 22.3 Å². The number of rotatable bonds is 0. The summed E-state index contributed by atoms with van der Waals surface area (Å²) in [7, 11) is -4.34. The van der Waals surface area contributed by atoms with Gasteiger partial charge in [-0.25, -0.2) is 9.59 Å². The molecule has 1 heterocycles. The lowest BCUT2D eigenvalue weighted by Crippen LogP contribution is -2.05. The minimum atomic E-state index is -4.34. The third kappa shape index (κ3) is 1.42. The van der Waals surface area contributed by atoms with Crippen LogP contribution in [0.1, 0.15) is 0 Å². The smallest absolute Gasteiger partial charge is 0.412 e. The zero-order valence-electron chi connectivity index (χ0n) is 4.36. The van der Waals surface area contributed by atoms with Crippen molar-refractivity contribution in [1.29, 1.82) is 0 Å². The normalized spacial score (nSPS) is 20.8. The van der Waals surface area contributed by atoms with E-state index in [1.807, 2.05) is 0 Å². The lowest BCUT2D eigenvalue weighted by molar-refractivity contribution is -0.150. The molecule has 0 atom stereocenters. The molecule has 8 heteroatoms. The largest absolute Gasteiger partial charge is 0.507 e. The third-order valence-electron chi connectivity index (χ3n) is 0.522. The minimum Gasteiger partial charge on any atom is -0.412 e. The molecule has 7 nitrogen and oxygen atoms in total. The van der Waals surface area contributed by atoms with Crippen LogP contribution >= 0.6 is 0 Å². The van der Waals surface area contributed by atoms with Gasteiger partial charge in [0, 0.05) is 0 Å². The average molecular weight is 170 g/mol. The molecule has 58 valence electrons. The predicted molar refractivity (Wildman–Crippen MR) is 24.7 cm³/mol. The van der Waals surface area contributed by atoms with Gasteiger partial charge in [-0.15, -0.1) is 8.42 Å². The second-order valence-corrected chi connectivity index (χ2v) is 2.30. The molecular weight excluding hydrogens is 168 g/mol. The number of carbonyl (C=O) groups excluding carboxylic acids is 2. The van der Waals surface area contributed by atoms with Crippen molar-refractivity contribution in [2.75, 3.05) is 0 Å². The molecule has 1 rings (SSSR count). The summed E-state index contributed by atoms with van der Waals surface area (Å²) in [6.45, 7) is 0. The van der Waals surface area contributed by atoms with E-state index in [0.717, 1.165) is 0 Å². The van der Waals surface area contributed by atoms with Crippen molar-refractivity contribution < 1.29 is 31.8 Å². The SMILES string of the molecule is O.O=C1OS(=O)(=O)OC1=O. The molecule has 0 radical (unpaired) electrons. The van der Waals surface area contributed by atoms with Gasteiger partial charge < -0.3 is 13.8 Å². The molecule has 0 bridgehead atoms. The highest BCUT2D eigenvalue weighted by molar-refractivity contribution is 7.83. The van der Waals surface area contributed by atoms with E-state index in [9.17, 15) is 18.0 Å². The molecule has 0 aromatic carbocycles. The third-order valence-corrected chi connectivity index (χ3v) is 1.23. The lowest BCUT2D eigenvalue weighted by Gasteiger charge is -1.81. The molecule has 0 spiro atoms. The summed E-state index contributed by atoms with van der Waals surface area (Å²) >= 11 is 0. The van der Waals surface area contributed by atoms with E-state index in [-0.39, 0.29) is 5.48 Å². The van der Waals surface area contributed by atoms with Crippen LogP contribution in [0.3, 0.4) is 0 Å². The van der Waals surface area contributed by atoms with Crippen molar-refractivity contribution in [3.8, 4) is 0 Å². The average Bonchev–Trinajstić information content (AvgIpc) is 1.79. The summed E-state index contributed by atoms with van der Waals surface area (Å²) in [5, 5.41) is 0. The van der Waals surface area contributed by atoms with E-state index in [2.05, 4.69) is 8.37 Å². The predicted octanol–water partition coefficient (Wildman–Crippen LogP) is -2.49. The zero-order valence-corrected chi connectivity index (χ0v) is 5.17. The first kappa shape index (κ1) is 8.85. The second kappa shape index (κ2) is 2.23. The standard InChI is InChI=1S/C2O6S.H2O/c3-1-2(4)8-9(5,6)7-1;/h;1H2. The Hall–Kier alpha value is -1.15. The fraction of sp³-hybridized carbons (Fsp3) is 0. The van der Waals surface area contributed by atoms with Gasteiger partial charge in [0.2, 0.25) is 0 Å². The Bertz CT molecular complexity index is 237. The van der Waals surface area contributed by atoms with Gasteiger partial charge in [0.1, 0.15) is 0 Å². The Kier molecular flexibility index (Phi) is 1.97. The van der Waals surface area contributed by atoms with Crippen molar-refractivity contribution in [2.45, 2.75) is 0 Å². The van der Waals surface area contributed by atoms with Gasteiger partial charge in [0.25, 0.3) is 0 Å². The van der Waals surface area contributed by atoms with Crippen LogP contribution in [0.5, 0.6) is 0 Å². The topological polar surface area (TPSA) is 118 Å². The molecule has 0 saturated carbocycles. The molecule has 0 aromatic heterocycles. The highest BCUT2D eigenvalue weighted by Gasteiger charge is 2.38. The van der Waals surface area contributed by atoms with Crippen LogP contribution in [0.2, 0.25) is 0 Å². The molecule has 2 N–H and O–H groups in total. The Balaban J connectivity index is 0.000000810. The molecule has 1 aliphatic rings. The van der Waals surface area contributed by atoms with Gasteiger partial charge in [0.05, 0.1) is 0 Å². The van der Waals surface area contributed by atoms with Gasteiger partial charge in [-0.2, -0.15) is 0 Å². The summed E-state index contributed by atoms with van der Waals surface area (Å²) < 4.78 is 26.8. The van der Waals surface area contributed by atoms with E-state index in [0.29, 0.717) is 0 Å². The fourth-order valence-electron chi connectivity index (χ4n) is 0.270. The fourth-order valence-corrected chi connectivity index (χ4v) is 0.811. The Morgan fingerprint density at radius 3 is 1.40 bits per heavy atom. The maximum atomic E-state index is 9.97. The van der Waals surface area contributed by atoms with E-state index in [1.165, 1.54) is 0 Å².